The number of ether oxygens (including phenoxy) is 2. The minimum Gasteiger partial charge on any atom is -0.505 e. The van der Waals surface area contributed by atoms with E-state index in [2.05, 4.69) is 191 Å². The minimum absolute atomic E-state index is 0.0295. The number of aryl methyl sites for hydroxylation is 2. The van der Waals surface area contributed by atoms with Crippen LogP contribution in [0.25, 0.3) is 82.8 Å². The fourth-order valence-corrected chi connectivity index (χ4v) is 11.1. The van der Waals surface area contributed by atoms with E-state index in [1.807, 2.05) is 67.6 Å². The topological polar surface area (TPSA) is 68.8 Å². The highest BCUT2D eigenvalue weighted by atomic mass is 16.5. The van der Waals surface area contributed by atoms with Crippen LogP contribution in [0.1, 0.15) is 123 Å². The van der Waals surface area contributed by atoms with Gasteiger partial charge in [-0.2, -0.15) is 0 Å². The second-order valence-electron chi connectivity index (χ2n) is 24.6. The quantitative estimate of drug-likeness (QED) is 0.135. The van der Waals surface area contributed by atoms with Crippen molar-refractivity contribution >= 4 is 49.2 Å². The summed E-state index contributed by atoms with van der Waals surface area (Å²) in [5.74, 6) is 1.71. The molecule has 6 heteroatoms. The number of fused-ring (bicyclic) bond motifs is 6. The summed E-state index contributed by atoms with van der Waals surface area (Å²) in [4.78, 5) is 0. The first-order valence-corrected chi connectivity index (χ1v) is 26.9. The van der Waals surface area contributed by atoms with E-state index in [9.17, 15) is 10.2 Å². The molecule has 76 heavy (non-hydrogen) atoms. The molecular formula is C70H74N2O4. The Morgan fingerprint density at radius 3 is 1.16 bits per heavy atom. The molecule has 0 bridgehead atoms. The first kappa shape index (κ1) is 51.8. The van der Waals surface area contributed by atoms with Crippen molar-refractivity contribution in [2.45, 2.75) is 132 Å². The molecule has 10 aromatic rings. The van der Waals surface area contributed by atoms with Gasteiger partial charge < -0.3 is 28.8 Å². The highest BCUT2D eigenvalue weighted by Gasteiger charge is 2.26. The minimum atomic E-state index is -0.265. The van der Waals surface area contributed by atoms with Crippen LogP contribution in [0.3, 0.4) is 0 Å². The second kappa shape index (κ2) is 19.1. The fourth-order valence-electron chi connectivity index (χ4n) is 11.1. The van der Waals surface area contributed by atoms with E-state index in [1.54, 1.807) is 0 Å². The van der Waals surface area contributed by atoms with Crippen molar-refractivity contribution in [2.75, 3.05) is 0 Å². The van der Waals surface area contributed by atoms with E-state index >= 15 is 0 Å². The van der Waals surface area contributed by atoms with Gasteiger partial charge in [-0.1, -0.05) is 135 Å². The molecule has 2 atom stereocenters. The van der Waals surface area contributed by atoms with E-state index in [0.717, 1.165) is 71.9 Å². The van der Waals surface area contributed by atoms with E-state index in [-0.39, 0.29) is 40.0 Å². The van der Waals surface area contributed by atoms with E-state index in [0.29, 0.717) is 34.7 Å². The predicted octanol–water partition coefficient (Wildman–Crippen LogP) is 18.8. The van der Waals surface area contributed by atoms with Gasteiger partial charge in [0.05, 0.1) is 45.6 Å². The zero-order chi connectivity index (χ0) is 54.3. The number of rotatable bonds is 11. The van der Waals surface area contributed by atoms with Crippen molar-refractivity contribution in [1.82, 2.24) is 9.13 Å². The number of aromatic nitrogens is 2. The molecule has 388 valence electrons. The lowest BCUT2D eigenvalue weighted by Crippen LogP contribution is -2.23. The third kappa shape index (κ3) is 9.52. The van der Waals surface area contributed by atoms with Gasteiger partial charge in [-0.05, 0) is 169 Å². The Kier molecular flexibility index (Phi) is 13.0. The number of aromatic hydroxyl groups is 2. The van der Waals surface area contributed by atoms with Gasteiger partial charge in [-0.3, -0.25) is 0 Å². The van der Waals surface area contributed by atoms with Gasteiger partial charge >= 0.3 is 0 Å². The first-order chi connectivity index (χ1) is 35.9. The van der Waals surface area contributed by atoms with Crippen molar-refractivity contribution in [2.24, 2.45) is 0 Å². The summed E-state index contributed by atoms with van der Waals surface area (Å²) < 4.78 is 18.1. The Morgan fingerprint density at radius 1 is 0.461 bits per heavy atom. The largest absolute Gasteiger partial charge is 0.505 e. The molecule has 0 fully saturated rings. The summed E-state index contributed by atoms with van der Waals surface area (Å²) in [6.45, 7) is 34.8. The van der Waals surface area contributed by atoms with Crippen LogP contribution < -0.4 is 9.47 Å². The van der Waals surface area contributed by atoms with Gasteiger partial charge in [0.2, 0.25) is 0 Å². The molecule has 2 aromatic heterocycles. The van der Waals surface area contributed by atoms with Crippen LogP contribution in [-0.2, 0) is 16.2 Å². The molecule has 8 aromatic carbocycles. The van der Waals surface area contributed by atoms with Crippen molar-refractivity contribution in [3.8, 4) is 56.6 Å². The van der Waals surface area contributed by atoms with Gasteiger partial charge in [-0.25, -0.2) is 0 Å². The number of para-hydroxylation sites is 2. The highest BCUT2D eigenvalue weighted by Crippen LogP contribution is 2.47. The molecule has 10 rings (SSSR count). The fraction of sp³-hybridized carbons (Fsp3) is 0.286. The molecular weight excluding hydrogens is 933 g/mol. The molecule has 0 amide bonds. The van der Waals surface area contributed by atoms with Gasteiger partial charge in [0, 0.05) is 50.2 Å². The number of phenolic OH excluding ortho intramolecular Hbond substituents is 2. The van der Waals surface area contributed by atoms with Crippen molar-refractivity contribution in [1.29, 1.82) is 0 Å². The average Bonchev–Trinajstić information content (AvgIpc) is 3.86. The van der Waals surface area contributed by atoms with Crippen LogP contribution >= 0.6 is 0 Å². The smallest absolute Gasteiger partial charge is 0.147 e. The lowest BCUT2D eigenvalue weighted by Gasteiger charge is -2.24. The number of allylic oxidation sites excluding steroid dienone is 1. The molecule has 0 aliphatic heterocycles. The van der Waals surface area contributed by atoms with Crippen LogP contribution in [-0.4, -0.2) is 31.6 Å². The zero-order valence-electron chi connectivity index (χ0n) is 47.0. The average molecular weight is 1010 g/mol. The van der Waals surface area contributed by atoms with Crippen LogP contribution in [0, 0.1) is 13.8 Å². The van der Waals surface area contributed by atoms with Crippen molar-refractivity contribution in [3.63, 3.8) is 0 Å². The maximum absolute atomic E-state index is 12.6. The Morgan fingerprint density at radius 2 is 0.803 bits per heavy atom. The molecule has 2 heterocycles. The molecule has 0 saturated carbocycles. The molecule has 0 aliphatic rings. The summed E-state index contributed by atoms with van der Waals surface area (Å²) in [5, 5.41) is 29.7. The van der Waals surface area contributed by atoms with Crippen LogP contribution in [0.4, 0.5) is 0 Å². The van der Waals surface area contributed by atoms with Gasteiger partial charge in [0.25, 0.3) is 0 Å². The number of nitrogens with zero attached hydrogens (tertiary/aromatic N) is 2. The monoisotopic (exact) mass is 1010 g/mol. The standard InChI is InChI=1S/C70H74N2O4/c1-41(2)46-24-28-58-52(37-46)53-38-47(68(7,8)9)25-29-59(53)71(58)62-34-42(3)32-56(66(62)73)50-20-16-18-22-64(50)75-44(5)36-45(6)76-65-23-19-17-21-51(65)57-33-43(4)35-63(67(57)74)72-60-30-26-48(69(10,11)12)39-54(60)55-40-49(70(13,14)15)27-31-61(55)72/h16-35,37-40,44-45,73-74H,1,36H2,2-15H3/t44?,45-/m0/s1. The Bertz CT molecular complexity index is 3850. The Balaban J connectivity index is 0.957. The third-order valence-electron chi connectivity index (χ3n) is 15.2. The second-order valence-corrected chi connectivity index (χ2v) is 24.6. The first-order valence-electron chi connectivity index (χ1n) is 26.9. The Labute approximate surface area is 449 Å². The molecule has 2 N–H and O–H groups in total. The number of benzene rings is 8. The SMILES string of the molecule is C=C(C)c1ccc2c(c1)c1cc(C(C)(C)C)ccc1n2-c1cc(C)cc(-c2ccccc2OC(C)C[C@H](C)Oc2ccccc2-c2cc(C)cc(-n3c4ccc(C(C)(C)C)cc4c4cc(C(C)(C)C)ccc43)c2O)c1O. The summed E-state index contributed by atoms with van der Waals surface area (Å²) in [7, 11) is 0. The summed E-state index contributed by atoms with van der Waals surface area (Å²) in [5.41, 5.74) is 16.4. The van der Waals surface area contributed by atoms with Crippen molar-refractivity contribution < 1.29 is 19.7 Å². The molecule has 0 spiro atoms. The number of hydrogen-bond acceptors (Lipinski definition) is 4. The molecule has 0 aliphatic carbocycles. The molecule has 6 nitrogen and oxygen atoms in total. The summed E-state index contributed by atoms with van der Waals surface area (Å²) in [6.07, 6.45) is 0.0372. The summed E-state index contributed by atoms with van der Waals surface area (Å²) in [6, 6.07) is 50.9. The molecule has 0 saturated heterocycles. The van der Waals surface area contributed by atoms with E-state index in [4.69, 9.17) is 9.47 Å². The van der Waals surface area contributed by atoms with Gasteiger partial charge in [0.1, 0.15) is 23.0 Å². The van der Waals surface area contributed by atoms with Crippen molar-refractivity contribution in [3.05, 3.63) is 186 Å². The zero-order valence-corrected chi connectivity index (χ0v) is 47.0. The maximum Gasteiger partial charge on any atom is 0.147 e. The lowest BCUT2D eigenvalue weighted by atomic mass is 9.85. The van der Waals surface area contributed by atoms with Crippen LogP contribution in [0.2, 0.25) is 0 Å². The van der Waals surface area contributed by atoms with Crippen LogP contribution in [0.5, 0.6) is 23.0 Å². The van der Waals surface area contributed by atoms with Gasteiger partial charge in [0.15, 0.2) is 0 Å². The van der Waals surface area contributed by atoms with Gasteiger partial charge in [-0.15, -0.1) is 0 Å². The lowest BCUT2D eigenvalue weighted by molar-refractivity contribution is 0.131. The molecule has 0 radical (unpaired) electrons. The molecule has 1 unspecified atom stereocenters. The number of hydrogen-bond donors (Lipinski definition) is 2. The van der Waals surface area contributed by atoms with E-state index < -0.39 is 0 Å². The Hall–Kier alpha value is -7.70. The number of phenols is 2. The summed E-state index contributed by atoms with van der Waals surface area (Å²) >= 11 is 0. The van der Waals surface area contributed by atoms with Crippen LogP contribution in [0.15, 0.2) is 152 Å². The highest BCUT2D eigenvalue weighted by molar-refractivity contribution is 6.12. The maximum atomic E-state index is 12.6. The van der Waals surface area contributed by atoms with E-state index in [1.165, 1.54) is 27.5 Å². The normalized spacial score (nSPS) is 13.2. The third-order valence-corrected chi connectivity index (χ3v) is 15.2. The predicted molar refractivity (Wildman–Crippen MR) is 321 cm³/mol.